The summed E-state index contributed by atoms with van der Waals surface area (Å²) in [5, 5.41) is 44.3. The van der Waals surface area contributed by atoms with Gasteiger partial charge in [0.15, 0.2) is 0 Å². The molecule has 1 saturated heterocycles. The smallest absolute Gasteiger partial charge is 0.315 e. The first-order valence-electron chi connectivity index (χ1n) is 9.24. The van der Waals surface area contributed by atoms with Gasteiger partial charge in [0.05, 0.1) is 17.8 Å². The van der Waals surface area contributed by atoms with E-state index in [1.54, 1.807) is 0 Å². The molecule has 7 nitrogen and oxygen atoms in total. The fourth-order valence-corrected chi connectivity index (χ4v) is 7.70. The summed E-state index contributed by atoms with van der Waals surface area (Å²) in [6.07, 6.45) is -1.03. The van der Waals surface area contributed by atoms with Crippen molar-refractivity contribution in [3.05, 3.63) is 12.2 Å². The normalized spacial score (nSPS) is 59.8. The molecule has 0 radical (unpaired) electrons. The van der Waals surface area contributed by atoms with Crippen LogP contribution in [0.4, 0.5) is 0 Å². The van der Waals surface area contributed by atoms with Crippen LogP contribution in [0.25, 0.3) is 0 Å². The number of carboxylic acids is 1. The van der Waals surface area contributed by atoms with Gasteiger partial charge >= 0.3 is 5.97 Å². The van der Waals surface area contributed by atoms with Crippen LogP contribution in [0, 0.1) is 28.6 Å². The summed E-state index contributed by atoms with van der Waals surface area (Å²) in [6, 6.07) is 0. The lowest BCUT2D eigenvalue weighted by Gasteiger charge is -2.47. The van der Waals surface area contributed by atoms with Crippen molar-refractivity contribution >= 4 is 11.9 Å². The van der Waals surface area contributed by atoms with E-state index in [1.807, 2.05) is 0 Å². The van der Waals surface area contributed by atoms with Crippen LogP contribution in [0.3, 0.4) is 0 Å². The van der Waals surface area contributed by atoms with E-state index in [1.165, 1.54) is 6.92 Å². The zero-order valence-corrected chi connectivity index (χ0v) is 14.6. The molecule has 7 heteroatoms. The summed E-state index contributed by atoms with van der Waals surface area (Å²) in [6.45, 7) is 5.48. The molecule has 1 heterocycles. The molecule has 9 atom stereocenters. The van der Waals surface area contributed by atoms with Gasteiger partial charge in [0.2, 0.25) is 0 Å². The number of hydrogen-bond donors (Lipinski definition) is 3. The van der Waals surface area contributed by atoms with Crippen LogP contribution in [0.1, 0.15) is 39.0 Å². The Labute approximate surface area is 150 Å². The standard InChI is InChI=1S/C19H24O7/c1-8-5-17-7-18(8,25)4-3-10(17)19-6-9(20)13(21)16(2,15(24)26-19)12(19)11(17)14(22)23/h9-13,20-21,25H,1,3-7H2,2H3,(H,22,23)/p-1/t9-,10+,11+,12+,13-,16-,17-,18-,19+/m0/s1. The fraction of sp³-hybridized carbons (Fsp3) is 0.789. The Balaban J connectivity index is 1.77. The predicted molar refractivity (Wildman–Crippen MR) is 84.0 cm³/mol. The first-order valence-corrected chi connectivity index (χ1v) is 9.24. The number of rotatable bonds is 1. The largest absolute Gasteiger partial charge is 0.550 e. The average Bonchev–Trinajstić information content (AvgIpc) is 2.96. The average molecular weight is 363 g/mol. The van der Waals surface area contributed by atoms with Gasteiger partial charge in [-0.3, -0.25) is 4.79 Å². The van der Waals surface area contributed by atoms with Crippen molar-refractivity contribution in [1.82, 2.24) is 0 Å². The molecule has 1 aliphatic heterocycles. The molecule has 3 N–H and O–H groups in total. The molecule has 5 aliphatic rings. The van der Waals surface area contributed by atoms with E-state index < -0.39 is 58.0 Å². The maximum atomic E-state index is 12.7. The summed E-state index contributed by atoms with van der Waals surface area (Å²) in [5.74, 6) is -4.07. The van der Waals surface area contributed by atoms with Gasteiger partial charge in [-0.25, -0.2) is 0 Å². The molecule has 0 aromatic rings. The minimum absolute atomic E-state index is 0.0151. The minimum atomic E-state index is -1.50. The third kappa shape index (κ3) is 1.43. The second-order valence-electron chi connectivity index (χ2n) is 9.43. The van der Waals surface area contributed by atoms with Crippen molar-refractivity contribution in [3.8, 4) is 0 Å². The third-order valence-corrected chi connectivity index (χ3v) is 8.56. The fourth-order valence-electron chi connectivity index (χ4n) is 7.70. The number of fused-ring (bicyclic) bond motifs is 1. The number of ether oxygens (including phenoxy) is 1. The van der Waals surface area contributed by atoms with Crippen LogP contribution in [0.2, 0.25) is 0 Å². The molecule has 5 rings (SSSR count). The van der Waals surface area contributed by atoms with Gasteiger partial charge in [0.25, 0.3) is 0 Å². The molecule has 1 spiro atoms. The Bertz CT molecular complexity index is 763. The zero-order valence-electron chi connectivity index (χ0n) is 14.6. The number of carbonyl (C=O) groups is 2. The quantitative estimate of drug-likeness (QED) is 0.398. The lowest BCUT2D eigenvalue weighted by atomic mass is 9.58. The van der Waals surface area contributed by atoms with Crippen molar-refractivity contribution in [3.63, 3.8) is 0 Å². The highest BCUT2D eigenvalue weighted by Gasteiger charge is 2.84. The van der Waals surface area contributed by atoms with Crippen LogP contribution in [0.5, 0.6) is 0 Å². The van der Waals surface area contributed by atoms with Crippen LogP contribution in [-0.2, 0) is 14.3 Å². The maximum absolute atomic E-state index is 12.7. The van der Waals surface area contributed by atoms with E-state index in [9.17, 15) is 30.0 Å². The lowest BCUT2D eigenvalue weighted by Crippen LogP contribution is -2.59. The van der Waals surface area contributed by atoms with Gasteiger partial charge < -0.3 is 30.0 Å². The third-order valence-electron chi connectivity index (χ3n) is 8.56. The number of aliphatic carboxylic acids is 1. The van der Waals surface area contributed by atoms with Crippen molar-refractivity contribution in [1.29, 1.82) is 0 Å². The molecular weight excluding hydrogens is 340 g/mol. The highest BCUT2D eigenvalue weighted by molar-refractivity contribution is 5.85. The summed E-state index contributed by atoms with van der Waals surface area (Å²) >= 11 is 0. The molecular formula is C19H23O7-. The lowest BCUT2D eigenvalue weighted by molar-refractivity contribution is -0.319. The zero-order chi connectivity index (χ0) is 18.9. The first kappa shape index (κ1) is 16.7. The van der Waals surface area contributed by atoms with Crippen molar-refractivity contribution in [2.45, 2.75) is 62.4 Å². The summed E-state index contributed by atoms with van der Waals surface area (Å²) in [7, 11) is 0. The van der Waals surface area contributed by atoms with Crippen LogP contribution in [0.15, 0.2) is 12.2 Å². The number of hydrogen-bond acceptors (Lipinski definition) is 7. The SMILES string of the molecule is C=C1C[C@]23C[C@@]1(O)CC[C@H]2[C@@]12C[C@H](O)[C@H](O)[C@@](C)(C(=O)O1)[C@H]2[C@@H]3C(=O)[O-]. The molecule has 4 saturated carbocycles. The van der Waals surface area contributed by atoms with E-state index in [-0.39, 0.29) is 18.8 Å². The second-order valence-corrected chi connectivity index (χ2v) is 9.43. The minimum Gasteiger partial charge on any atom is -0.550 e. The number of esters is 1. The van der Waals surface area contributed by atoms with Gasteiger partial charge in [-0.05, 0) is 43.6 Å². The van der Waals surface area contributed by atoms with E-state index in [4.69, 9.17) is 4.74 Å². The van der Waals surface area contributed by atoms with Crippen LogP contribution >= 0.6 is 0 Å². The van der Waals surface area contributed by atoms with Gasteiger partial charge in [-0.2, -0.15) is 0 Å². The van der Waals surface area contributed by atoms with Crippen LogP contribution < -0.4 is 5.11 Å². The predicted octanol–water partition coefficient (Wildman–Crippen LogP) is -1.11. The molecule has 5 fully saturated rings. The topological polar surface area (TPSA) is 127 Å². The van der Waals surface area contributed by atoms with Gasteiger partial charge in [-0.15, -0.1) is 0 Å². The molecule has 142 valence electrons. The molecule has 0 aromatic heterocycles. The van der Waals surface area contributed by atoms with Gasteiger partial charge in [0.1, 0.15) is 11.0 Å². The van der Waals surface area contributed by atoms with E-state index >= 15 is 0 Å². The van der Waals surface area contributed by atoms with E-state index in [0.717, 1.165) is 0 Å². The summed E-state index contributed by atoms with van der Waals surface area (Å²) in [5.41, 5.74) is -3.94. The first-order chi connectivity index (χ1) is 12.0. The molecule has 0 amide bonds. The molecule has 0 unspecified atom stereocenters. The number of aliphatic hydroxyl groups excluding tert-OH is 2. The number of carboxylic acid groups (broad SMARTS) is 1. The Kier molecular flexibility index (Phi) is 2.79. The van der Waals surface area contributed by atoms with Crippen molar-refractivity contribution < 1.29 is 34.8 Å². The molecule has 26 heavy (non-hydrogen) atoms. The van der Waals surface area contributed by atoms with E-state index in [0.29, 0.717) is 24.8 Å². The summed E-state index contributed by atoms with van der Waals surface area (Å²) < 4.78 is 5.84. The summed E-state index contributed by atoms with van der Waals surface area (Å²) in [4.78, 5) is 25.1. The number of aliphatic hydroxyl groups is 3. The van der Waals surface area contributed by atoms with Gasteiger partial charge in [0, 0.05) is 30.1 Å². The van der Waals surface area contributed by atoms with Crippen LogP contribution in [-0.4, -0.2) is 50.7 Å². The Hall–Kier alpha value is -1.44. The van der Waals surface area contributed by atoms with Crippen molar-refractivity contribution in [2.24, 2.45) is 28.6 Å². The Morgan fingerprint density at radius 2 is 2.08 bits per heavy atom. The second kappa shape index (κ2) is 4.34. The van der Waals surface area contributed by atoms with Gasteiger partial charge in [-0.1, -0.05) is 6.58 Å². The van der Waals surface area contributed by atoms with Crippen molar-refractivity contribution in [2.75, 3.05) is 0 Å². The number of carbonyl (C=O) groups excluding carboxylic acids is 2. The van der Waals surface area contributed by atoms with E-state index in [2.05, 4.69) is 6.58 Å². The maximum Gasteiger partial charge on any atom is 0.315 e. The highest BCUT2D eigenvalue weighted by Crippen LogP contribution is 2.78. The molecule has 4 bridgehead atoms. The molecule has 0 aromatic carbocycles. The Morgan fingerprint density at radius 1 is 1.38 bits per heavy atom. The highest BCUT2D eigenvalue weighted by atomic mass is 16.6. The monoisotopic (exact) mass is 363 g/mol. The molecule has 4 aliphatic carbocycles. The Morgan fingerprint density at radius 3 is 2.73 bits per heavy atom.